The average Bonchev–Trinajstić information content (AvgIpc) is 3.35. The molecule has 0 bridgehead atoms. The van der Waals surface area contributed by atoms with Crippen LogP contribution in [-0.4, -0.2) is 76.1 Å². The highest BCUT2D eigenvalue weighted by atomic mass is 16.5. The molecule has 0 aliphatic carbocycles. The van der Waals surface area contributed by atoms with E-state index in [1.807, 2.05) is 35.2 Å². The van der Waals surface area contributed by atoms with E-state index >= 15 is 0 Å². The molecule has 26 heavy (non-hydrogen) atoms. The van der Waals surface area contributed by atoms with Gasteiger partial charge in [-0.2, -0.15) is 0 Å². The van der Waals surface area contributed by atoms with Crippen LogP contribution in [0.3, 0.4) is 0 Å². The molecule has 0 N–H and O–H groups in total. The van der Waals surface area contributed by atoms with E-state index in [1.54, 1.807) is 10.9 Å². The molecule has 0 spiro atoms. The second-order valence-electron chi connectivity index (χ2n) is 7.01. The average molecular weight is 355 g/mol. The molecule has 2 fully saturated rings. The lowest BCUT2D eigenvalue weighted by molar-refractivity contribution is 0.0429. The van der Waals surface area contributed by atoms with Gasteiger partial charge in [-0.15, -0.1) is 5.10 Å². The van der Waals surface area contributed by atoms with Gasteiger partial charge in [0.05, 0.1) is 18.8 Å². The summed E-state index contributed by atoms with van der Waals surface area (Å²) in [7, 11) is 0. The van der Waals surface area contributed by atoms with E-state index in [0.717, 1.165) is 51.3 Å². The Bertz CT molecular complexity index is 719. The number of rotatable bonds is 5. The molecule has 0 radical (unpaired) electrons. The second kappa shape index (κ2) is 7.97. The second-order valence-corrected chi connectivity index (χ2v) is 7.01. The molecule has 1 aromatic heterocycles. The Morgan fingerprint density at radius 2 is 1.96 bits per heavy atom. The molecule has 1 amide bonds. The molecular weight excluding hydrogens is 330 g/mol. The van der Waals surface area contributed by atoms with E-state index in [9.17, 15) is 4.79 Å². The van der Waals surface area contributed by atoms with Gasteiger partial charge < -0.3 is 9.64 Å². The number of carbonyl (C=O) groups is 1. The van der Waals surface area contributed by atoms with E-state index in [2.05, 4.69) is 15.2 Å². The fourth-order valence-corrected chi connectivity index (χ4v) is 3.62. The van der Waals surface area contributed by atoms with Crippen molar-refractivity contribution >= 4 is 5.91 Å². The monoisotopic (exact) mass is 355 g/mol. The van der Waals surface area contributed by atoms with Crippen molar-refractivity contribution in [2.75, 3.05) is 39.3 Å². The van der Waals surface area contributed by atoms with Crippen LogP contribution in [0.2, 0.25) is 0 Å². The van der Waals surface area contributed by atoms with Crippen LogP contribution in [0.15, 0.2) is 36.5 Å². The number of ether oxygens (including phenoxy) is 1. The highest BCUT2D eigenvalue weighted by Gasteiger charge is 2.26. The van der Waals surface area contributed by atoms with Crippen LogP contribution in [0.1, 0.15) is 28.9 Å². The Labute approximate surface area is 153 Å². The molecule has 3 heterocycles. The lowest BCUT2D eigenvalue weighted by Crippen LogP contribution is -2.50. The van der Waals surface area contributed by atoms with E-state index < -0.39 is 0 Å². The van der Waals surface area contributed by atoms with Crippen LogP contribution < -0.4 is 0 Å². The summed E-state index contributed by atoms with van der Waals surface area (Å²) in [6, 6.07) is 10.0. The molecule has 1 atom stereocenters. The smallest absolute Gasteiger partial charge is 0.276 e. The number of hydrogen-bond donors (Lipinski definition) is 0. The molecule has 1 unspecified atom stereocenters. The molecular formula is C19H25N5O2. The third-order valence-electron chi connectivity index (χ3n) is 5.09. The lowest BCUT2D eigenvalue weighted by Gasteiger charge is -2.35. The molecule has 2 aromatic rings. The summed E-state index contributed by atoms with van der Waals surface area (Å²) in [5.41, 5.74) is 1.56. The molecule has 2 saturated heterocycles. The van der Waals surface area contributed by atoms with Gasteiger partial charge in [-0.3, -0.25) is 9.69 Å². The largest absolute Gasteiger partial charge is 0.377 e. The van der Waals surface area contributed by atoms with Crippen LogP contribution >= 0.6 is 0 Å². The van der Waals surface area contributed by atoms with Crippen LogP contribution in [0, 0.1) is 0 Å². The van der Waals surface area contributed by atoms with Crippen molar-refractivity contribution in [1.29, 1.82) is 0 Å². The lowest BCUT2D eigenvalue weighted by atomic mass is 10.2. The molecule has 4 rings (SSSR count). The SMILES string of the molecule is O=C(c1cn(Cc2ccccc2)nn1)N1CCN(CC2CCCO2)CC1. The Balaban J connectivity index is 1.29. The van der Waals surface area contributed by atoms with Gasteiger partial charge in [0.2, 0.25) is 0 Å². The van der Waals surface area contributed by atoms with E-state index in [0.29, 0.717) is 18.3 Å². The normalized spacial score (nSPS) is 21.2. The van der Waals surface area contributed by atoms with Crippen molar-refractivity contribution in [3.05, 3.63) is 47.8 Å². The highest BCUT2D eigenvalue weighted by molar-refractivity contribution is 5.92. The molecule has 138 valence electrons. The number of aromatic nitrogens is 3. The van der Waals surface area contributed by atoms with Crippen molar-refractivity contribution in [1.82, 2.24) is 24.8 Å². The quantitative estimate of drug-likeness (QED) is 0.808. The van der Waals surface area contributed by atoms with Gasteiger partial charge in [-0.05, 0) is 18.4 Å². The van der Waals surface area contributed by atoms with Gasteiger partial charge in [0, 0.05) is 39.3 Å². The Morgan fingerprint density at radius 1 is 1.15 bits per heavy atom. The minimum Gasteiger partial charge on any atom is -0.377 e. The summed E-state index contributed by atoms with van der Waals surface area (Å²) >= 11 is 0. The number of carbonyl (C=O) groups excluding carboxylic acids is 1. The van der Waals surface area contributed by atoms with Gasteiger partial charge in [0.1, 0.15) is 0 Å². The summed E-state index contributed by atoms with van der Waals surface area (Å²) in [6.45, 7) is 5.75. The van der Waals surface area contributed by atoms with Crippen molar-refractivity contribution in [2.24, 2.45) is 0 Å². The Morgan fingerprint density at radius 3 is 2.69 bits per heavy atom. The zero-order valence-electron chi connectivity index (χ0n) is 15.0. The van der Waals surface area contributed by atoms with Gasteiger partial charge in [-0.25, -0.2) is 4.68 Å². The van der Waals surface area contributed by atoms with Crippen LogP contribution in [0.25, 0.3) is 0 Å². The molecule has 2 aliphatic heterocycles. The van der Waals surface area contributed by atoms with Crippen molar-refractivity contribution in [3.8, 4) is 0 Å². The van der Waals surface area contributed by atoms with Gasteiger partial charge in [0.15, 0.2) is 5.69 Å². The summed E-state index contributed by atoms with van der Waals surface area (Å²) in [5, 5.41) is 8.18. The highest BCUT2D eigenvalue weighted by Crippen LogP contribution is 2.15. The molecule has 7 heteroatoms. The number of nitrogens with zero attached hydrogens (tertiary/aromatic N) is 5. The number of benzene rings is 1. The molecule has 1 aromatic carbocycles. The molecule has 2 aliphatic rings. The standard InChI is InChI=1S/C19H25N5O2/c25-19(18-15-24(21-20-18)13-16-5-2-1-3-6-16)23-10-8-22(9-11-23)14-17-7-4-12-26-17/h1-3,5-6,15,17H,4,7-14H2. The Kier molecular flexibility index (Phi) is 5.26. The predicted molar refractivity (Wildman–Crippen MR) is 96.9 cm³/mol. The molecule has 0 saturated carbocycles. The zero-order valence-corrected chi connectivity index (χ0v) is 15.0. The summed E-state index contributed by atoms with van der Waals surface area (Å²) in [5.74, 6) is -0.0268. The zero-order chi connectivity index (χ0) is 17.8. The number of piperazine rings is 1. The fraction of sp³-hybridized carbons (Fsp3) is 0.526. The maximum absolute atomic E-state index is 12.7. The van der Waals surface area contributed by atoms with Crippen molar-refractivity contribution in [2.45, 2.75) is 25.5 Å². The third-order valence-corrected chi connectivity index (χ3v) is 5.09. The number of amides is 1. The van der Waals surface area contributed by atoms with E-state index in [4.69, 9.17) is 4.74 Å². The van der Waals surface area contributed by atoms with Gasteiger partial charge in [-0.1, -0.05) is 35.5 Å². The van der Waals surface area contributed by atoms with Crippen LogP contribution in [0.4, 0.5) is 0 Å². The summed E-state index contributed by atoms with van der Waals surface area (Å²) in [4.78, 5) is 17.0. The Hall–Kier alpha value is -2.25. The van der Waals surface area contributed by atoms with E-state index in [-0.39, 0.29) is 5.91 Å². The van der Waals surface area contributed by atoms with E-state index in [1.165, 1.54) is 6.42 Å². The molecule has 7 nitrogen and oxygen atoms in total. The van der Waals surface area contributed by atoms with Crippen molar-refractivity contribution in [3.63, 3.8) is 0 Å². The first kappa shape index (κ1) is 17.2. The summed E-state index contributed by atoms with van der Waals surface area (Å²) < 4.78 is 7.43. The maximum atomic E-state index is 12.7. The van der Waals surface area contributed by atoms with Gasteiger partial charge in [0.25, 0.3) is 5.91 Å². The number of hydrogen-bond acceptors (Lipinski definition) is 5. The van der Waals surface area contributed by atoms with Gasteiger partial charge >= 0.3 is 0 Å². The first-order valence-electron chi connectivity index (χ1n) is 9.35. The third kappa shape index (κ3) is 4.11. The topological polar surface area (TPSA) is 63.5 Å². The maximum Gasteiger partial charge on any atom is 0.276 e. The predicted octanol–water partition coefficient (Wildman–Crippen LogP) is 1.26. The fourth-order valence-electron chi connectivity index (χ4n) is 3.62. The van der Waals surface area contributed by atoms with Crippen LogP contribution in [-0.2, 0) is 11.3 Å². The first-order valence-corrected chi connectivity index (χ1v) is 9.35. The minimum absolute atomic E-state index is 0.0268. The van der Waals surface area contributed by atoms with Crippen LogP contribution in [0.5, 0.6) is 0 Å². The summed E-state index contributed by atoms with van der Waals surface area (Å²) in [6.07, 6.45) is 4.44. The van der Waals surface area contributed by atoms with Crippen molar-refractivity contribution < 1.29 is 9.53 Å². The minimum atomic E-state index is -0.0268. The first-order chi connectivity index (χ1) is 12.8.